The fraction of sp³-hybridized carbons (Fsp3) is 0.750. The van der Waals surface area contributed by atoms with Gasteiger partial charge in [0, 0.05) is 12.8 Å². The Hall–Kier alpha value is 0.340. The third-order valence-corrected chi connectivity index (χ3v) is 1.75. The molecule has 1 aliphatic rings. The summed E-state index contributed by atoms with van der Waals surface area (Å²) in [4.78, 5) is 21.7. The predicted octanol–water partition coefficient (Wildman–Crippen LogP) is 0.686. The Morgan fingerprint density at radius 2 is 1.45 bits per heavy atom. The van der Waals surface area contributed by atoms with Gasteiger partial charge in [0.2, 0.25) is 0 Å². The van der Waals surface area contributed by atoms with E-state index in [0.29, 0.717) is 12.8 Å². The molecule has 2 nitrogen and oxygen atoms in total. The van der Waals surface area contributed by atoms with E-state index in [2.05, 4.69) is 0 Å². The average Bonchev–Trinajstić information content (AvgIpc) is 1.54. The molecule has 0 amide bonds. The van der Waals surface area contributed by atoms with Crippen LogP contribution in [0.15, 0.2) is 0 Å². The molecule has 0 spiro atoms. The Labute approximate surface area is 89.0 Å². The number of hydrogen-bond donors (Lipinski definition) is 0. The molecule has 0 bridgehead atoms. The molecule has 58 valence electrons. The molecule has 3 heteroatoms. The van der Waals surface area contributed by atoms with E-state index in [0.717, 1.165) is 0 Å². The predicted molar refractivity (Wildman–Crippen MR) is 44.8 cm³/mol. The Bertz CT molecular complexity index is 167. The van der Waals surface area contributed by atoms with Crippen LogP contribution in [0.5, 0.6) is 0 Å². The van der Waals surface area contributed by atoms with Crippen LogP contribution in [0.3, 0.4) is 0 Å². The van der Waals surface area contributed by atoms with Gasteiger partial charge in [-0.25, -0.2) is 0 Å². The van der Waals surface area contributed by atoms with Crippen molar-refractivity contribution in [2.24, 2.45) is 5.41 Å². The van der Waals surface area contributed by atoms with E-state index in [1.807, 2.05) is 13.8 Å². The second kappa shape index (κ2) is 3.83. The monoisotopic (exact) mass is 164 g/mol. The van der Waals surface area contributed by atoms with E-state index in [1.54, 1.807) is 0 Å². The van der Waals surface area contributed by atoms with Crippen LogP contribution < -0.4 is 0 Å². The maximum absolute atomic E-state index is 10.9. The molecule has 0 radical (unpaired) electrons. The first-order valence-corrected chi connectivity index (χ1v) is 3.53. The van der Waals surface area contributed by atoms with Crippen LogP contribution in [-0.4, -0.2) is 41.1 Å². The third-order valence-electron chi connectivity index (χ3n) is 1.75. The zero-order valence-corrected chi connectivity index (χ0v) is 6.44. The molecule has 11 heavy (non-hydrogen) atoms. The summed E-state index contributed by atoms with van der Waals surface area (Å²) in [5.74, 6) is 0.197. The third kappa shape index (κ3) is 3.50. The topological polar surface area (TPSA) is 34.1 Å². The van der Waals surface area contributed by atoms with E-state index in [-0.39, 0.29) is 53.0 Å². The summed E-state index contributed by atoms with van der Waals surface area (Å²) in [5, 5.41) is 0. The van der Waals surface area contributed by atoms with Crippen molar-refractivity contribution < 1.29 is 9.59 Å². The van der Waals surface area contributed by atoms with E-state index in [1.165, 1.54) is 0 Å². The Morgan fingerprint density at radius 3 is 1.73 bits per heavy atom. The molecule has 0 aromatic rings. The average molecular weight is 164 g/mol. The molecule has 0 aromatic heterocycles. The molecule has 1 aliphatic carbocycles. The van der Waals surface area contributed by atoms with Gasteiger partial charge < -0.3 is 0 Å². The van der Waals surface area contributed by atoms with Gasteiger partial charge in [0.15, 0.2) is 0 Å². The van der Waals surface area contributed by atoms with Crippen molar-refractivity contribution in [1.29, 1.82) is 0 Å². The second-order valence-corrected chi connectivity index (χ2v) is 3.77. The van der Waals surface area contributed by atoms with Gasteiger partial charge in [-0.2, -0.15) is 0 Å². The van der Waals surface area contributed by atoms with Crippen LogP contribution in [0, 0.1) is 5.41 Å². The number of hydrogen-bond acceptors (Lipinski definition) is 2. The summed E-state index contributed by atoms with van der Waals surface area (Å²) in [6.07, 6.45) is 1.31. The zero-order chi connectivity index (χ0) is 7.78. The van der Waals surface area contributed by atoms with Gasteiger partial charge in [-0.05, 0) is 5.41 Å². The number of ketones is 2. The molecule has 0 aromatic carbocycles. The summed E-state index contributed by atoms with van der Waals surface area (Å²) in [7, 11) is 0. The van der Waals surface area contributed by atoms with E-state index < -0.39 is 0 Å². The minimum atomic E-state index is -0.0770. The van der Waals surface area contributed by atoms with Crippen LogP contribution in [-0.2, 0) is 9.59 Å². The summed E-state index contributed by atoms with van der Waals surface area (Å²) in [5.41, 5.74) is -0.0770. The summed E-state index contributed by atoms with van der Waals surface area (Å²) >= 11 is 0. The molecule has 1 rings (SSSR count). The second-order valence-electron chi connectivity index (χ2n) is 3.77. The zero-order valence-electron chi connectivity index (χ0n) is 6.44. The van der Waals surface area contributed by atoms with Crippen molar-refractivity contribution in [3.05, 3.63) is 0 Å². The number of Topliss-reactive ketones (excluding diaryl/α,β-unsaturated/α-hetero) is 2. The van der Waals surface area contributed by atoms with Crippen LogP contribution in [0.4, 0.5) is 0 Å². The summed E-state index contributed by atoms with van der Waals surface area (Å²) < 4.78 is 0. The van der Waals surface area contributed by atoms with Gasteiger partial charge in [-0.3, -0.25) is 9.59 Å². The molecule has 1 fully saturated rings. The molecule has 1 saturated carbocycles. The summed E-state index contributed by atoms with van der Waals surface area (Å²) in [6, 6.07) is 0. The first-order valence-electron chi connectivity index (χ1n) is 3.53. The van der Waals surface area contributed by atoms with Gasteiger partial charge in [-0.1, -0.05) is 13.8 Å². The fourth-order valence-electron chi connectivity index (χ4n) is 1.47. The maximum atomic E-state index is 10.9. The number of carbonyl (C=O) groups is 2. The van der Waals surface area contributed by atoms with Crippen LogP contribution in [0.1, 0.15) is 33.1 Å². The molecular weight excluding hydrogens is 151 g/mol. The van der Waals surface area contributed by atoms with Crippen molar-refractivity contribution in [1.82, 2.24) is 0 Å². The Balaban J connectivity index is 0.000001000. The Morgan fingerprint density at radius 1 is 1.09 bits per heavy atom. The molecule has 0 N–H and O–H groups in total. The van der Waals surface area contributed by atoms with Gasteiger partial charge >= 0.3 is 29.6 Å². The van der Waals surface area contributed by atoms with Crippen molar-refractivity contribution in [3.8, 4) is 0 Å². The number of carbonyl (C=O) groups excluding carboxylic acids is 2. The van der Waals surface area contributed by atoms with Crippen molar-refractivity contribution in [3.63, 3.8) is 0 Å². The van der Waals surface area contributed by atoms with Crippen molar-refractivity contribution in [2.75, 3.05) is 0 Å². The quantitative estimate of drug-likeness (QED) is 0.390. The molecular formula is C8H13NaO2. The molecule has 0 unspecified atom stereocenters. The normalized spacial score (nSPS) is 22.7. The van der Waals surface area contributed by atoms with Crippen LogP contribution >= 0.6 is 0 Å². The first-order chi connectivity index (χ1) is 4.49. The van der Waals surface area contributed by atoms with Crippen molar-refractivity contribution >= 4 is 41.1 Å². The fourth-order valence-corrected chi connectivity index (χ4v) is 1.47. The number of rotatable bonds is 0. The molecule has 0 aliphatic heterocycles. The SMILES string of the molecule is CC1(C)CC(=O)CC(=O)C1.[NaH]. The standard InChI is InChI=1S/C8H12O2.Na.H/c1-8(2)4-6(9)3-7(10)5-8;;/h3-5H2,1-2H3;;. The molecule has 0 heterocycles. The van der Waals surface area contributed by atoms with E-state index in [4.69, 9.17) is 0 Å². The van der Waals surface area contributed by atoms with Gasteiger partial charge in [0.1, 0.15) is 11.6 Å². The van der Waals surface area contributed by atoms with E-state index >= 15 is 0 Å². The van der Waals surface area contributed by atoms with Gasteiger partial charge in [-0.15, -0.1) is 0 Å². The van der Waals surface area contributed by atoms with Crippen LogP contribution in [0.25, 0.3) is 0 Å². The Kier molecular flexibility index (Phi) is 3.95. The summed E-state index contributed by atoms with van der Waals surface area (Å²) in [6.45, 7) is 3.92. The molecule has 0 atom stereocenters. The van der Waals surface area contributed by atoms with E-state index in [9.17, 15) is 9.59 Å². The first kappa shape index (κ1) is 11.3. The van der Waals surface area contributed by atoms with Crippen molar-refractivity contribution in [2.45, 2.75) is 33.1 Å². The van der Waals surface area contributed by atoms with Gasteiger partial charge in [0.25, 0.3) is 0 Å². The molecule has 0 saturated heterocycles. The minimum absolute atomic E-state index is 0. The van der Waals surface area contributed by atoms with Gasteiger partial charge in [0.05, 0.1) is 6.42 Å². The van der Waals surface area contributed by atoms with Crippen LogP contribution in [0.2, 0.25) is 0 Å².